The Kier molecular flexibility index (Phi) is 2.37. The molecule has 0 aromatic heterocycles. The van der Waals surface area contributed by atoms with E-state index in [1.165, 1.54) is 6.07 Å². The van der Waals surface area contributed by atoms with Crippen LogP contribution in [0.4, 0.5) is 5.69 Å². The Morgan fingerprint density at radius 1 is 1.18 bits per heavy atom. The van der Waals surface area contributed by atoms with Gasteiger partial charge in [0.05, 0.1) is 15.7 Å². The fourth-order valence-electron chi connectivity index (χ4n) is 0.604. The molecule has 0 fully saturated rings. The molecule has 0 heterocycles. The molecule has 0 aliphatic carbocycles. The number of phenolic OH excluding ortho intramolecular Hbond substituents is 1. The molecule has 0 amide bonds. The summed E-state index contributed by atoms with van der Waals surface area (Å²) >= 11 is 16.7. The molecule has 11 heavy (non-hydrogen) atoms. The molecule has 0 saturated carbocycles. The van der Waals surface area contributed by atoms with Crippen molar-refractivity contribution in [3.8, 4) is 5.75 Å². The average molecular weight is 212 g/mol. The Bertz CT molecular complexity index is 274. The van der Waals surface area contributed by atoms with Crippen LogP contribution in [0.3, 0.4) is 0 Å². The summed E-state index contributed by atoms with van der Waals surface area (Å²) < 4.78 is 0. The summed E-state index contributed by atoms with van der Waals surface area (Å²) in [6.45, 7) is 0. The van der Waals surface area contributed by atoms with Crippen LogP contribution < -0.4 is 5.73 Å². The Hall–Kier alpha value is -0.310. The summed E-state index contributed by atoms with van der Waals surface area (Å²) in [7, 11) is 0. The first-order chi connectivity index (χ1) is 5.04. The highest BCUT2D eigenvalue weighted by Gasteiger charge is 2.11. The van der Waals surface area contributed by atoms with Crippen molar-refractivity contribution in [2.24, 2.45) is 0 Å². The van der Waals surface area contributed by atoms with Crippen molar-refractivity contribution in [2.45, 2.75) is 0 Å². The summed E-state index contributed by atoms with van der Waals surface area (Å²) in [5.41, 5.74) is 5.43. The maximum atomic E-state index is 9.11. The van der Waals surface area contributed by atoms with Gasteiger partial charge >= 0.3 is 0 Å². The van der Waals surface area contributed by atoms with Gasteiger partial charge in [-0.25, -0.2) is 0 Å². The Morgan fingerprint density at radius 3 is 2.27 bits per heavy atom. The van der Waals surface area contributed by atoms with E-state index in [1.807, 2.05) is 0 Å². The number of phenols is 1. The van der Waals surface area contributed by atoms with E-state index < -0.39 is 0 Å². The smallest absolute Gasteiger partial charge is 0.158 e. The minimum absolute atomic E-state index is 0.0170. The quantitative estimate of drug-likeness (QED) is 0.395. The van der Waals surface area contributed by atoms with E-state index in [0.29, 0.717) is 0 Å². The van der Waals surface area contributed by atoms with Crippen LogP contribution in [0.1, 0.15) is 0 Å². The van der Waals surface area contributed by atoms with Gasteiger partial charge in [-0.05, 0) is 6.07 Å². The van der Waals surface area contributed by atoms with Gasteiger partial charge in [0.25, 0.3) is 0 Å². The highest BCUT2D eigenvalue weighted by molar-refractivity contribution is 6.49. The van der Waals surface area contributed by atoms with E-state index in [-0.39, 0.29) is 26.5 Å². The number of hydrogen-bond acceptors (Lipinski definition) is 2. The lowest BCUT2D eigenvalue weighted by atomic mass is 10.3. The molecule has 0 spiro atoms. The Labute approximate surface area is 78.5 Å². The van der Waals surface area contributed by atoms with Gasteiger partial charge in [0, 0.05) is 0 Å². The van der Waals surface area contributed by atoms with Gasteiger partial charge in [-0.2, -0.15) is 0 Å². The third-order valence-electron chi connectivity index (χ3n) is 1.17. The van der Waals surface area contributed by atoms with Crippen LogP contribution in [0.15, 0.2) is 6.07 Å². The number of halogens is 3. The SMILES string of the molecule is Nc1cc(Cl)c(Cl)c(Cl)c1O. The van der Waals surface area contributed by atoms with Crippen molar-refractivity contribution in [3.63, 3.8) is 0 Å². The second-order valence-electron chi connectivity index (χ2n) is 1.92. The summed E-state index contributed by atoms with van der Waals surface area (Å²) in [6.07, 6.45) is 0. The fraction of sp³-hybridized carbons (Fsp3) is 0. The molecule has 0 unspecified atom stereocenters. The highest BCUT2D eigenvalue weighted by atomic mass is 35.5. The molecule has 0 bridgehead atoms. The van der Waals surface area contributed by atoms with Gasteiger partial charge in [-0.3, -0.25) is 0 Å². The molecule has 1 aromatic rings. The third-order valence-corrected chi connectivity index (χ3v) is 2.42. The molecule has 3 N–H and O–H groups in total. The number of nitrogen functional groups attached to an aromatic ring is 1. The van der Waals surface area contributed by atoms with E-state index >= 15 is 0 Å². The first kappa shape index (κ1) is 8.78. The van der Waals surface area contributed by atoms with Crippen LogP contribution in [-0.4, -0.2) is 5.11 Å². The normalized spacial score (nSPS) is 10.1. The molecule has 1 rings (SSSR count). The molecule has 0 aliphatic rings. The van der Waals surface area contributed by atoms with Gasteiger partial charge in [-0.1, -0.05) is 34.8 Å². The molecule has 5 heteroatoms. The fourth-order valence-corrected chi connectivity index (χ4v) is 1.22. The largest absolute Gasteiger partial charge is 0.504 e. The van der Waals surface area contributed by atoms with Crippen molar-refractivity contribution >= 4 is 40.5 Å². The minimum atomic E-state index is -0.235. The number of benzene rings is 1. The summed E-state index contributed by atoms with van der Waals surface area (Å²) in [4.78, 5) is 0. The van der Waals surface area contributed by atoms with Gasteiger partial charge in [-0.15, -0.1) is 0 Å². The topological polar surface area (TPSA) is 46.2 Å². The lowest BCUT2D eigenvalue weighted by Crippen LogP contribution is -1.86. The predicted octanol–water partition coefficient (Wildman–Crippen LogP) is 2.93. The maximum absolute atomic E-state index is 9.11. The first-order valence-electron chi connectivity index (χ1n) is 2.66. The number of nitrogens with two attached hydrogens (primary N) is 1. The second kappa shape index (κ2) is 2.97. The Morgan fingerprint density at radius 2 is 1.73 bits per heavy atom. The standard InChI is InChI=1S/C6H4Cl3NO/c7-2-1-3(10)6(11)5(9)4(2)8/h1,11H,10H2. The zero-order valence-corrected chi connectivity index (χ0v) is 7.50. The number of aromatic hydroxyl groups is 1. The lowest BCUT2D eigenvalue weighted by molar-refractivity contribution is 0.478. The van der Waals surface area contributed by atoms with Crippen molar-refractivity contribution < 1.29 is 5.11 Å². The summed E-state index contributed by atoms with van der Waals surface area (Å²) in [5, 5.41) is 9.43. The third kappa shape index (κ3) is 1.48. The monoisotopic (exact) mass is 211 g/mol. The van der Waals surface area contributed by atoms with Crippen LogP contribution in [-0.2, 0) is 0 Å². The lowest BCUT2D eigenvalue weighted by Gasteiger charge is -2.03. The van der Waals surface area contributed by atoms with E-state index in [4.69, 9.17) is 45.6 Å². The second-order valence-corrected chi connectivity index (χ2v) is 3.09. The van der Waals surface area contributed by atoms with Crippen molar-refractivity contribution in [3.05, 3.63) is 21.1 Å². The molecule has 0 atom stereocenters. The molecule has 60 valence electrons. The van der Waals surface area contributed by atoms with E-state index in [0.717, 1.165) is 0 Å². The van der Waals surface area contributed by atoms with Crippen LogP contribution in [0.5, 0.6) is 5.75 Å². The van der Waals surface area contributed by atoms with E-state index in [2.05, 4.69) is 0 Å². The van der Waals surface area contributed by atoms with Gasteiger partial charge < -0.3 is 10.8 Å². The summed E-state index contributed by atoms with van der Waals surface area (Å²) in [6, 6.07) is 1.34. The molecule has 2 nitrogen and oxygen atoms in total. The van der Waals surface area contributed by atoms with Crippen LogP contribution in [0.25, 0.3) is 0 Å². The van der Waals surface area contributed by atoms with E-state index in [9.17, 15) is 0 Å². The number of anilines is 1. The number of rotatable bonds is 0. The first-order valence-corrected chi connectivity index (χ1v) is 3.79. The van der Waals surface area contributed by atoms with Crippen molar-refractivity contribution in [2.75, 3.05) is 5.73 Å². The summed E-state index contributed by atoms with van der Waals surface area (Å²) in [5.74, 6) is -0.235. The zero-order valence-electron chi connectivity index (χ0n) is 5.24. The highest BCUT2D eigenvalue weighted by Crippen LogP contribution is 2.40. The molecule has 0 saturated heterocycles. The van der Waals surface area contributed by atoms with Gasteiger partial charge in [0.1, 0.15) is 5.02 Å². The minimum Gasteiger partial charge on any atom is -0.504 e. The molecule has 0 radical (unpaired) electrons. The zero-order chi connectivity index (χ0) is 8.59. The maximum Gasteiger partial charge on any atom is 0.158 e. The van der Waals surface area contributed by atoms with Crippen LogP contribution >= 0.6 is 34.8 Å². The average Bonchev–Trinajstić information content (AvgIpc) is 1.97. The molecular weight excluding hydrogens is 208 g/mol. The van der Waals surface area contributed by atoms with Crippen LogP contribution in [0.2, 0.25) is 15.1 Å². The van der Waals surface area contributed by atoms with Crippen molar-refractivity contribution in [1.29, 1.82) is 0 Å². The van der Waals surface area contributed by atoms with E-state index in [1.54, 1.807) is 0 Å². The molecular formula is C6H4Cl3NO. The molecule has 0 aliphatic heterocycles. The van der Waals surface area contributed by atoms with Crippen LogP contribution in [0, 0.1) is 0 Å². The van der Waals surface area contributed by atoms with Gasteiger partial charge in [0.2, 0.25) is 0 Å². The number of hydrogen-bond donors (Lipinski definition) is 2. The van der Waals surface area contributed by atoms with Crippen molar-refractivity contribution in [1.82, 2.24) is 0 Å². The predicted molar refractivity (Wildman–Crippen MR) is 47.5 cm³/mol. The molecule has 1 aromatic carbocycles. The van der Waals surface area contributed by atoms with Gasteiger partial charge in [0.15, 0.2) is 5.75 Å². The Balaban J connectivity index is 3.46.